The van der Waals surface area contributed by atoms with Crippen molar-refractivity contribution in [3.05, 3.63) is 60.4 Å². The highest BCUT2D eigenvalue weighted by Gasteiger charge is 2.22. The van der Waals surface area contributed by atoms with Crippen LogP contribution < -0.4 is 15.0 Å². The molecule has 0 atom stereocenters. The summed E-state index contributed by atoms with van der Waals surface area (Å²) >= 11 is 0. The van der Waals surface area contributed by atoms with Crippen LogP contribution in [-0.4, -0.2) is 50.8 Å². The Labute approximate surface area is 182 Å². The van der Waals surface area contributed by atoms with E-state index in [4.69, 9.17) is 4.74 Å². The number of fused-ring (bicyclic) bond motifs is 1. The number of anilines is 2. The van der Waals surface area contributed by atoms with Gasteiger partial charge in [-0.1, -0.05) is 6.07 Å². The largest absolute Gasteiger partial charge is 0.467 e. The van der Waals surface area contributed by atoms with Crippen LogP contribution in [0, 0.1) is 11.6 Å². The zero-order chi connectivity index (χ0) is 22.1. The molecule has 3 aromatic heterocycles. The van der Waals surface area contributed by atoms with Crippen molar-refractivity contribution in [1.82, 2.24) is 24.6 Å². The van der Waals surface area contributed by atoms with Gasteiger partial charge in [-0.05, 0) is 48.7 Å². The second-order valence-corrected chi connectivity index (χ2v) is 7.56. The maximum absolute atomic E-state index is 13.7. The van der Waals surface area contributed by atoms with Crippen molar-refractivity contribution in [2.75, 3.05) is 30.4 Å². The predicted molar refractivity (Wildman–Crippen MR) is 116 cm³/mol. The number of piperidine rings is 1. The molecule has 1 aliphatic heterocycles. The predicted octanol–water partition coefficient (Wildman–Crippen LogP) is 3.55. The summed E-state index contributed by atoms with van der Waals surface area (Å²) in [7, 11) is 1.55. The Morgan fingerprint density at radius 3 is 2.69 bits per heavy atom. The molecule has 5 rings (SSSR count). The van der Waals surface area contributed by atoms with Gasteiger partial charge in [0.2, 0.25) is 5.95 Å². The molecular formula is C22H21F2N7O. The Balaban J connectivity index is 1.30. The van der Waals surface area contributed by atoms with Gasteiger partial charge in [0.05, 0.1) is 7.11 Å². The first-order valence-corrected chi connectivity index (χ1v) is 10.3. The van der Waals surface area contributed by atoms with E-state index in [1.807, 2.05) is 12.1 Å². The van der Waals surface area contributed by atoms with Gasteiger partial charge in [-0.25, -0.2) is 18.3 Å². The molecule has 0 saturated carbocycles. The quantitative estimate of drug-likeness (QED) is 0.511. The molecule has 32 heavy (non-hydrogen) atoms. The summed E-state index contributed by atoms with van der Waals surface area (Å²) in [4.78, 5) is 15.3. The highest BCUT2D eigenvalue weighted by Crippen LogP contribution is 2.26. The van der Waals surface area contributed by atoms with Crippen molar-refractivity contribution in [1.29, 1.82) is 0 Å². The first kappa shape index (κ1) is 20.1. The van der Waals surface area contributed by atoms with Crippen LogP contribution >= 0.6 is 0 Å². The molecule has 0 unspecified atom stereocenters. The molecule has 1 N–H and O–H groups in total. The molecule has 8 nitrogen and oxygen atoms in total. The van der Waals surface area contributed by atoms with Crippen LogP contribution in [0.4, 0.5) is 20.5 Å². The van der Waals surface area contributed by atoms with E-state index in [0.717, 1.165) is 37.8 Å². The second-order valence-electron chi connectivity index (χ2n) is 7.56. The van der Waals surface area contributed by atoms with Gasteiger partial charge < -0.3 is 15.0 Å². The van der Waals surface area contributed by atoms with Gasteiger partial charge in [-0.2, -0.15) is 9.97 Å². The van der Waals surface area contributed by atoms with E-state index in [2.05, 4.69) is 30.3 Å². The zero-order valence-corrected chi connectivity index (χ0v) is 17.4. The summed E-state index contributed by atoms with van der Waals surface area (Å²) in [5, 5.41) is 7.91. The Kier molecular flexibility index (Phi) is 5.26. The summed E-state index contributed by atoms with van der Waals surface area (Å²) in [5.74, 6) is -0.425. The lowest BCUT2D eigenvalue weighted by Crippen LogP contribution is -2.39. The number of hydrogen-bond acceptors (Lipinski definition) is 7. The fraction of sp³-hybridized carbons (Fsp3) is 0.273. The molecule has 1 fully saturated rings. The first-order valence-electron chi connectivity index (χ1n) is 10.3. The standard InChI is InChI=1S/C22H21F2N7O/c1-32-22-25-9-6-19(27-22)30-11-7-15(8-12-30)26-21-28-20-16(3-2-10-31(20)29-21)14-4-5-17(23)18(24)13-14/h2-6,9-10,13,15H,7-8,11-12H2,1H3,(H,26,29). The summed E-state index contributed by atoms with van der Waals surface area (Å²) in [6, 6.07) is 9.88. The molecule has 0 spiro atoms. The SMILES string of the molecule is COc1nccc(N2CCC(Nc3nc4c(-c5ccc(F)c(F)c5)cccn4n3)CC2)n1. The number of halogens is 2. The Hall–Kier alpha value is -3.82. The average Bonchev–Trinajstić information content (AvgIpc) is 3.24. The van der Waals surface area contributed by atoms with Gasteiger partial charge in [0, 0.05) is 37.1 Å². The van der Waals surface area contributed by atoms with E-state index in [1.165, 1.54) is 12.1 Å². The van der Waals surface area contributed by atoms with Gasteiger partial charge >= 0.3 is 6.01 Å². The number of hydrogen-bond donors (Lipinski definition) is 1. The molecule has 0 amide bonds. The normalized spacial score (nSPS) is 14.7. The van der Waals surface area contributed by atoms with Crippen molar-refractivity contribution in [3.8, 4) is 17.1 Å². The molecule has 10 heteroatoms. The van der Waals surface area contributed by atoms with Crippen LogP contribution in [-0.2, 0) is 0 Å². The molecule has 1 saturated heterocycles. The van der Waals surface area contributed by atoms with Crippen LogP contribution in [0.3, 0.4) is 0 Å². The molecule has 4 aromatic rings. The number of pyridine rings is 1. The number of ether oxygens (including phenoxy) is 1. The minimum Gasteiger partial charge on any atom is -0.467 e. The van der Waals surface area contributed by atoms with E-state index >= 15 is 0 Å². The van der Waals surface area contributed by atoms with E-state index in [9.17, 15) is 8.78 Å². The molecule has 164 valence electrons. The molecular weight excluding hydrogens is 416 g/mol. The third kappa shape index (κ3) is 3.91. The maximum atomic E-state index is 13.7. The van der Waals surface area contributed by atoms with E-state index in [1.54, 1.807) is 30.1 Å². The smallest absolute Gasteiger partial charge is 0.318 e. The van der Waals surface area contributed by atoms with Gasteiger partial charge in [0.25, 0.3) is 0 Å². The fourth-order valence-electron chi connectivity index (χ4n) is 3.90. The van der Waals surface area contributed by atoms with Crippen LogP contribution in [0.2, 0.25) is 0 Å². The highest BCUT2D eigenvalue weighted by molar-refractivity contribution is 5.77. The van der Waals surface area contributed by atoms with Gasteiger partial charge in [0.1, 0.15) is 5.82 Å². The molecule has 4 heterocycles. The minimum atomic E-state index is -0.893. The Morgan fingerprint density at radius 2 is 1.91 bits per heavy atom. The van der Waals surface area contributed by atoms with Crippen LogP contribution in [0.5, 0.6) is 6.01 Å². The summed E-state index contributed by atoms with van der Waals surface area (Å²) in [5.41, 5.74) is 1.80. The topological polar surface area (TPSA) is 80.5 Å². The monoisotopic (exact) mass is 437 g/mol. The maximum Gasteiger partial charge on any atom is 0.318 e. The molecule has 0 radical (unpaired) electrons. The molecule has 1 aromatic carbocycles. The third-order valence-corrected chi connectivity index (χ3v) is 5.55. The van der Waals surface area contributed by atoms with Gasteiger partial charge in [-0.15, -0.1) is 5.10 Å². The van der Waals surface area contributed by atoms with E-state index in [0.29, 0.717) is 28.7 Å². The van der Waals surface area contributed by atoms with Crippen molar-refractivity contribution in [2.45, 2.75) is 18.9 Å². The number of aromatic nitrogens is 5. The number of methoxy groups -OCH3 is 1. The van der Waals surface area contributed by atoms with Gasteiger partial charge in [0.15, 0.2) is 17.3 Å². The summed E-state index contributed by atoms with van der Waals surface area (Å²) in [6.45, 7) is 1.65. The number of rotatable bonds is 5. The second kappa shape index (κ2) is 8.37. The van der Waals surface area contributed by atoms with Crippen LogP contribution in [0.25, 0.3) is 16.8 Å². The average molecular weight is 437 g/mol. The lowest BCUT2D eigenvalue weighted by atomic mass is 10.1. The van der Waals surface area contributed by atoms with Crippen LogP contribution in [0.15, 0.2) is 48.8 Å². The summed E-state index contributed by atoms with van der Waals surface area (Å²) in [6.07, 6.45) is 5.24. The zero-order valence-electron chi connectivity index (χ0n) is 17.4. The number of nitrogens with zero attached hydrogens (tertiary/aromatic N) is 6. The lowest BCUT2D eigenvalue weighted by molar-refractivity contribution is 0.379. The van der Waals surface area contributed by atoms with Crippen molar-refractivity contribution in [2.24, 2.45) is 0 Å². The van der Waals surface area contributed by atoms with Gasteiger partial charge in [-0.3, -0.25) is 0 Å². The van der Waals surface area contributed by atoms with Crippen LogP contribution in [0.1, 0.15) is 12.8 Å². The number of nitrogens with one attached hydrogen (secondary N) is 1. The van der Waals surface area contributed by atoms with E-state index in [-0.39, 0.29) is 6.04 Å². The lowest BCUT2D eigenvalue weighted by Gasteiger charge is -2.32. The third-order valence-electron chi connectivity index (χ3n) is 5.55. The molecule has 1 aliphatic rings. The highest BCUT2D eigenvalue weighted by atomic mass is 19.2. The number of benzene rings is 1. The Bertz CT molecular complexity index is 1250. The molecule has 0 aliphatic carbocycles. The summed E-state index contributed by atoms with van der Waals surface area (Å²) < 4.78 is 33.8. The molecule has 0 bridgehead atoms. The fourth-order valence-corrected chi connectivity index (χ4v) is 3.90. The van der Waals surface area contributed by atoms with Crippen molar-refractivity contribution in [3.63, 3.8) is 0 Å². The van der Waals surface area contributed by atoms with E-state index < -0.39 is 11.6 Å². The van der Waals surface area contributed by atoms with Crippen molar-refractivity contribution < 1.29 is 13.5 Å². The Morgan fingerprint density at radius 1 is 1.06 bits per heavy atom. The minimum absolute atomic E-state index is 0.208. The van der Waals surface area contributed by atoms with Crippen molar-refractivity contribution >= 4 is 17.4 Å². The first-order chi connectivity index (χ1) is 15.6.